The predicted octanol–water partition coefficient (Wildman–Crippen LogP) is 5.27. The number of hydrogen-bond acceptors (Lipinski definition) is 18. The number of aryl methyl sites for hydroxylation is 1. The normalized spacial score (nSPS) is 17.3. The number of pyridine rings is 1. The monoisotopic (exact) mass is 1060 g/mol. The van der Waals surface area contributed by atoms with Gasteiger partial charge in [-0.05, 0) is 61.1 Å². The Balaban J connectivity index is 0.720. The van der Waals surface area contributed by atoms with E-state index in [4.69, 9.17) is 14.2 Å². The summed E-state index contributed by atoms with van der Waals surface area (Å²) in [5, 5.41) is 19.8. The number of nitrogens with one attached hydrogen (secondary N) is 3. The molecule has 6 aromatic rings. The van der Waals surface area contributed by atoms with Crippen LogP contribution in [0.2, 0.25) is 0 Å². The summed E-state index contributed by atoms with van der Waals surface area (Å²) in [6.07, 6.45) is 3.11. The number of hydrogen-bond donors (Lipinski definition) is 4. The molecule has 23 heteroatoms. The number of aromatic nitrogens is 5. The highest BCUT2D eigenvalue weighted by Gasteiger charge is 2.44. The van der Waals surface area contributed by atoms with Gasteiger partial charge in [-0.2, -0.15) is 0 Å². The Morgan fingerprint density at radius 3 is 2.35 bits per heavy atom. The Kier molecular flexibility index (Phi) is 15.9. The molecule has 2 fully saturated rings. The number of aliphatic hydroxyl groups excluding tert-OH is 1. The number of piperazine rings is 1. The molecule has 0 bridgehead atoms. The van der Waals surface area contributed by atoms with Crippen LogP contribution in [-0.4, -0.2) is 153 Å². The van der Waals surface area contributed by atoms with Gasteiger partial charge >= 0.3 is 6.09 Å². The molecule has 9 rings (SSSR count). The van der Waals surface area contributed by atoms with Crippen molar-refractivity contribution in [3.05, 3.63) is 83.9 Å². The number of carbonyl (C=O) groups is 5. The van der Waals surface area contributed by atoms with Gasteiger partial charge in [0.2, 0.25) is 29.5 Å². The van der Waals surface area contributed by atoms with Crippen molar-refractivity contribution in [3.63, 3.8) is 0 Å². The lowest BCUT2D eigenvalue weighted by Gasteiger charge is -2.35. The van der Waals surface area contributed by atoms with Crippen LogP contribution in [0.5, 0.6) is 11.6 Å². The van der Waals surface area contributed by atoms with Gasteiger partial charge in [-0.25, -0.2) is 29.7 Å². The van der Waals surface area contributed by atoms with E-state index in [1.165, 1.54) is 33.5 Å². The van der Waals surface area contributed by atoms with Gasteiger partial charge in [-0.3, -0.25) is 29.0 Å². The van der Waals surface area contributed by atoms with Crippen LogP contribution < -0.4 is 35.2 Å². The number of rotatable bonds is 15. The number of anilines is 3. The smallest absolute Gasteiger partial charge is 0.414 e. The van der Waals surface area contributed by atoms with Crippen LogP contribution in [-0.2, 0) is 30.5 Å². The quantitative estimate of drug-likeness (QED) is 0.102. The molecule has 3 aliphatic rings. The first-order chi connectivity index (χ1) is 35.9. The third-order valence-corrected chi connectivity index (χ3v) is 14.8. The van der Waals surface area contributed by atoms with E-state index in [1.807, 2.05) is 86.0 Å². The number of likely N-dealkylation sites (tertiary alicyclic amines) is 1. The number of nitrogens with zero attached hydrogens (tertiary/aromatic N) is 9. The average Bonchev–Trinajstić information content (AvgIpc) is 4.13. The van der Waals surface area contributed by atoms with E-state index >= 15 is 0 Å². The molecule has 0 aliphatic carbocycles. The molecule has 2 saturated heterocycles. The third-order valence-electron chi connectivity index (χ3n) is 12.9. The second-order valence-corrected chi connectivity index (χ2v) is 21.8. The summed E-state index contributed by atoms with van der Waals surface area (Å²) in [5.41, 5.74) is 6.85. The van der Waals surface area contributed by atoms with Crippen molar-refractivity contribution in [3.8, 4) is 33.2 Å². The Morgan fingerprint density at radius 2 is 1.64 bits per heavy atom. The lowest BCUT2D eigenvalue weighted by Crippen LogP contribution is -2.58. The Bertz CT molecular complexity index is 3050. The van der Waals surface area contributed by atoms with Crippen LogP contribution >= 0.6 is 22.7 Å². The number of benzene rings is 2. The Labute approximate surface area is 441 Å². The number of aliphatic hydroxyl groups is 1. The van der Waals surface area contributed by atoms with Crippen LogP contribution in [0.4, 0.5) is 21.6 Å². The second kappa shape index (κ2) is 22.6. The zero-order valence-corrected chi connectivity index (χ0v) is 44.2. The summed E-state index contributed by atoms with van der Waals surface area (Å²) < 4.78 is 17.8. The van der Waals surface area contributed by atoms with Gasteiger partial charge in [0.1, 0.15) is 24.4 Å². The second-order valence-electron chi connectivity index (χ2n) is 19.9. The van der Waals surface area contributed by atoms with Gasteiger partial charge in [0.25, 0.3) is 5.91 Å². The lowest BCUT2D eigenvalue weighted by atomic mass is 9.85. The van der Waals surface area contributed by atoms with E-state index in [9.17, 15) is 29.1 Å². The van der Waals surface area contributed by atoms with Crippen molar-refractivity contribution < 1.29 is 43.3 Å². The summed E-state index contributed by atoms with van der Waals surface area (Å²) in [6.45, 7) is 13.9. The van der Waals surface area contributed by atoms with Crippen LogP contribution in [0.15, 0.2) is 72.6 Å². The molecule has 394 valence electrons. The minimum atomic E-state index is -1.03. The predicted molar refractivity (Wildman–Crippen MR) is 284 cm³/mol. The van der Waals surface area contributed by atoms with Crippen LogP contribution in [0, 0.1) is 12.3 Å². The van der Waals surface area contributed by atoms with Gasteiger partial charge in [0, 0.05) is 57.4 Å². The summed E-state index contributed by atoms with van der Waals surface area (Å²) in [6, 6.07) is 13.5. The van der Waals surface area contributed by atoms with Crippen LogP contribution in [0.1, 0.15) is 52.3 Å². The van der Waals surface area contributed by atoms with Crippen molar-refractivity contribution in [1.29, 1.82) is 0 Å². The molecule has 3 atom stereocenters. The summed E-state index contributed by atoms with van der Waals surface area (Å²) in [4.78, 5) is 97.3. The molecule has 0 unspecified atom stereocenters. The van der Waals surface area contributed by atoms with Crippen molar-refractivity contribution in [1.82, 2.24) is 45.4 Å². The fraction of sp³-hybridized carbons (Fsp3) is 0.423. The third kappa shape index (κ3) is 12.6. The summed E-state index contributed by atoms with van der Waals surface area (Å²) >= 11 is 2.93. The van der Waals surface area contributed by atoms with Gasteiger partial charge < -0.3 is 45.1 Å². The van der Waals surface area contributed by atoms with Crippen molar-refractivity contribution >= 4 is 79.4 Å². The van der Waals surface area contributed by atoms with Gasteiger partial charge in [-0.15, -0.1) is 11.3 Å². The standard InChI is InChI=1S/C52H60N12O9S2/c1-30(2)73-51(70)63-17-18-71-47-40(63)19-35(23-54-47)34-11-12-38-41(20-34)75-50(58-38)60-42(66)27-61-13-15-62(16-14-61)49-55-24-37(25-56-49)72-28-43(67)59-45(52(4,5)6)48(69)64-26-36(65)21-39(64)46(68)53-22-32-7-9-33(10-8-32)44-31(3)57-29-74-44/h7-12,19-20,23-25,29-30,36,39,45,65H,13-18,21-22,26-28H2,1-6H3,(H,53,68)(H,59,67)(H,58,60,66)/t36-,39+,45-/m1/s1. The summed E-state index contributed by atoms with van der Waals surface area (Å²) in [5.74, 6) is -0.521. The molecule has 7 heterocycles. The van der Waals surface area contributed by atoms with Crippen molar-refractivity contribution in [2.75, 3.05) is 74.1 Å². The maximum absolute atomic E-state index is 14.1. The number of fused-ring (bicyclic) bond motifs is 2. The minimum Gasteiger partial charge on any atom is -0.481 e. The van der Waals surface area contributed by atoms with E-state index in [1.54, 1.807) is 36.9 Å². The molecule has 3 aliphatic heterocycles. The first-order valence-electron chi connectivity index (χ1n) is 24.7. The largest absolute Gasteiger partial charge is 0.481 e. The van der Waals surface area contributed by atoms with Crippen molar-refractivity contribution in [2.24, 2.45) is 5.41 Å². The molecule has 75 heavy (non-hydrogen) atoms. The van der Waals surface area contributed by atoms with E-state index in [2.05, 4.69) is 40.9 Å². The molecule has 0 saturated carbocycles. The maximum Gasteiger partial charge on any atom is 0.414 e. The molecule has 2 aromatic carbocycles. The van der Waals surface area contributed by atoms with Gasteiger partial charge in [0.05, 0.1) is 64.0 Å². The fourth-order valence-corrected chi connectivity index (χ4v) is 10.7. The molecular formula is C52H60N12O9S2. The molecule has 4 aromatic heterocycles. The Hall–Kier alpha value is -7.34. The molecule has 21 nitrogen and oxygen atoms in total. The molecule has 5 amide bonds. The van der Waals surface area contributed by atoms with Gasteiger partial charge in [-0.1, -0.05) is 62.4 Å². The highest BCUT2D eigenvalue weighted by Crippen LogP contribution is 2.37. The SMILES string of the molecule is Cc1ncsc1-c1ccc(CNC(=O)[C@@H]2C[C@@H](O)CN2C(=O)[C@@H](NC(=O)COc2cnc(N3CCN(CC(=O)Nc4nc5ccc(-c6cnc7c(c6)N(C(=O)OC(C)C)CCO7)cc5s4)CC3)nc2)C(C)(C)C)cc1. The molecule has 4 N–H and O–H groups in total. The van der Waals surface area contributed by atoms with E-state index in [0.29, 0.717) is 62.0 Å². The number of thiazole rings is 2. The fourth-order valence-electron chi connectivity index (χ4n) is 9.02. The topological polar surface area (TPSA) is 247 Å². The number of amides is 5. The van der Waals surface area contributed by atoms with Crippen molar-refractivity contribution in [2.45, 2.75) is 78.8 Å². The zero-order chi connectivity index (χ0) is 53.0. The highest BCUT2D eigenvalue weighted by atomic mass is 32.1. The van der Waals surface area contributed by atoms with E-state index in [0.717, 1.165) is 43.0 Å². The number of β-amino-alcohol motifs (C(OH)–C–C–N with tert-alkyl or cyclic N) is 1. The first kappa shape index (κ1) is 52.5. The first-order valence-corrected chi connectivity index (χ1v) is 26.4. The van der Waals surface area contributed by atoms with E-state index < -0.39 is 54.0 Å². The minimum absolute atomic E-state index is 0.0459. The lowest BCUT2D eigenvalue weighted by molar-refractivity contribution is -0.144. The molecule has 0 radical (unpaired) electrons. The zero-order valence-electron chi connectivity index (χ0n) is 42.6. The van der Waals surface area contributed by atoms with Gasteiger partial charge in [0.15, 0.2) is 17.5 Å². The maximum atomic E-state index is 14.1. The Morgan fingerprint density at radius 1 is 0.893 bits per heavy atom. The van der Waals surface area contributed by atoms with Crippen LogP contribution in [0.3, 0.4) is 0 Å². The number of ether oxygens (including phenoxy) is 3. The van der Waals surface area contributed by atoms with Crippen LogP contribution in [0.25, 0.3) is 31.8 Å². The number of carbonyl (C=O) groups excluding carboxylic acids is 5. The molecular weight excluding hydrogens is 1000 g/mol. The van der Waals surface area contributed by atoms with E-state index in [-0.39, 0.29) is 43.8 Å². The highest BCUT2D eigenvalue weighted by molar-refractivity contribution is 7.22. The summed E-state index contributed by atoms with van der Waals surface area (Å²) in [7, 11) is 0. The molecule has 0 spiro atoms. The average molecular weight is 1060 g/mol.